The Morgan fingerprint density at radius 1 is 1.50 bits per heavy atom. The van der Waals surface area contributed by atoms with Crippen LogP contribution in [0.1, 0.15) is 12.8 Å². The van der Waals surface area contributed by atoms with E-state index in [1.165, 1.54) is 16.5 Å². The fourth-order valence-electron chi connectivity index (χ4n) is 0.0745. The van der Waals surface area contributed by atoms with E-state index in [0.717, 1.165) is 0 Å². The van der Waals surface area contributed by atoms with E-state index in [4.69, 9.17) is 0 Å². The first-order chi connectivity index (χ1) is 1.89. The molecule has 4 heavy (non-hydrogen) atoms. The fraction of sp³-hybridized carbons (Fsp3) is 1.00. The summed E-state index contributed by atoms with van der Waals surface area (Å²) in [4.78, 5) is 0. The van der Waals surface area contributed by atoms with Crippen molar-refractivity contribution in [3.63, 3.8) is 0 Å². The molecule has 0 saturated heterocycles. The van der Waals surface area contributed by atoms with Gasteiger partial charge in [-0.3, -0.25) is 0 Å². The summed E-state index contributed by atoms with van der Waals surface area (Å²) >= 11 is 1.62. The Balaban J connectivity index is 2.17. The van der Waals surface area contributed by atoms with Crippen LogP contribution in [0.25, 0.3) is 0 Å². The van der Waals surface area contributed by atoms with Crippen LogP contribution in [-0.2, 0) is 0 Å². The molecule has 1 rings (SSSR count). The van der Waals surface area contributed by atoms with Gasteiger partial charge in [0.15, 0.2) is 0 Å². The molecular formula is C3H5Bi+2. The minimum atomic E-state index is 1.19. The van der Waals surface area contributed by atoms with Gasteiger partial charge in [0.1, 0.15) is 0 Å². The Morgan fingerprint density at radius 3 is 1.75 bits per heavy atom. The quantitative estimate of drug-likeness (QED) is 0.556. The molecule has 0 aromatic rings. The summed E-state index contributed by atoms with van der Waals surface area (Å²) in [6.45, 7) is 0. The van der Waals surface area contributed by atoms with Crippen LogP contribution >= 0.6 is 0 Å². The molecule has 0 unspecified atom stereocenters. The van der Waals surface area contributed by atoms with E-state index in [1.54, 1.807) is 24.7 Å². The average molecular weight is 250 g/mol. The Bertz CT molecular complexity index is 22.5. The van der Waals surface area contributed by atoms with Crippen LogP contribution in [0, 0.1) is 0 Å². The van der Waals surface area contributed by atoms with Crippen molar-refractivity contribution in [2.24, 2.45) is 0 Å². The van der Waals surface area contributed by atoms with E-state index in [9.17, 15) is 0 Å². The second kappa shape index (κ2) is 0.933. The zero-order valence-electron chi connectivity index (χ0n) is 2.44. The first kappa shape index (κ1) is 3.09. The summed E-state index contributed by atoms with van der Waals surface area (Å²) in [7, 11) is 0. The van der Waals surface area contributed by atoms with Crippen molar-refractivity contribution in [1.82, 2.24) is 0 Å². The second-order valence-electron chi connectivity index (χ2n) is 1.23. The number of rotatable bonds is 0. The molecule has 20 valence electrons. The van der Waals surface area contributed by atoms with Gasteiger partial charge < -0.3 is 0 Å². The van der Waals surface area contributed by atoms with Crippen molar-refractivity contribution < 1.29 is 0 Å². The molecule has 0 aromatic heterocycles. The maximum absolute atomic E-state index is 1.62. The Labute approximate surface area is 41.4 Å². The molecule has 0 spiro atoms. The first-order valence-corrected chi connectivity index (χ1v) is 3.58. The van der Waals surface area contributed by atoms with Crippen LogP contribution in [0.15, 0.2) is 0 Å². The van der Waals surface area contributed by atoms with Crippen LogP contribution < -0.4 is 0 Å². The van der Waals surface area contributed by atoms with Crippen molar-refractivity contribution in [1.29, 1.82) is 0 Å². The fourth-order valence-corrected chi connectivity index (χ4v) is 0.654. The van der Waals surface area contributed by atoms with Crippen LogP contribution in [-0.4, -0.2) is 24.7 Å². The Morgan fingerprint density at radius 2 is 1.75 bits per heavy atom. The van der Waals surface area contributed by atoms with Crippen LogP contribution in [0.4, 0.5) is 0 Å². The molecule has 0 atom stereocenters. The minimum absolute atomic E-state index is 1.19. The Hall–Kier alpha value is 0.883. The van der Waals surface area contributed by atoms with Crippen molar-refractivity contribution >= 4 is 24.7 Å². The van der Waals surface area contributed by atoms with E-state index in [-0.39, 0.29) is 0 Å². The van der Waals surface area contributed by atoms with Crippen molar-refractivity contribution in [2.45, 2.75) is 16.5 Å². The molecule has 0 N–H and O–H groups in total. The first-order valence-electron chi connectivity index (χ1n) is 1.57. The molecule has 0 aliphatic heterocycles. The number of hydrogen-bond acceptors (Lipinski definition) is 0. The maximum atomic E-state index is 1.62. The van der Waals surface area contributed by atoms with E-state index in [0.29, 0.717) is 0 Å². The topological polar surface area (TPSA) is 0 Å². The second-order valence-corrected chi connectivity index (χ2v) is 4.07. The molecule has 0 aromatic carbocycles. The van der Waals surface area contributed by atoms with E-state index in [1.807, 2.05) is 0 Å². The van der Waals surface area contributed by atoms with Gasteiger partial charge in [0.2, 0.25) is 0 Å². The van der Waals surface area contributed by atoms with Gasteiger partial charge in [-0.25, -0.2) is 0 Å². The SMILES string of the molecule is [Bi+2][CH]1CC1. The third-order valence-electron chi connectivity index (χ3n) is 0.547. The molecule has 0 heterocycles. The molecule has 1 heteroatoms. The molecule has 0 nitrogen and oxygen atoms in total. The van der Waals surface area contributed by atoms with E-state index in [2.05, 4.69) is 0 Å². The van der Waals surface area contributed by atoms with E-state index >= 15 is 0 Å². The normalized spacial score (nSPS) is 26.0. The standard InChI is InChI=1S/C3H5.Bi/c1-2-3-1;/h1H,2-3H2;/q;+2. The van der Waals surface area contributed by atoms with Gasteiger partial charge in [-0.05, 0) is 0 Å². The zero-order valence-corrected chi connectivity index (χ0v) is 5.92. The molecule has 1 aliphatic carbocycles. The van der Waals surface area contributed by atoms with Gasteiger partial charge >= 0.3 is 41.2 Å². The molecule has 0 bridgehead atoms. The van der Waals surface area contributed by atoms with Gasteiger partial charge in [-0.15, -0.1) is 0 Å². The molecule has 1 fully saturated rings. The molecular weight excluding hydrogens is 245 g/mol. The average Bonchev–Trinajstić information content (AvgIpc) is 1.75. The zero-order chi connectivity index (χ0) is 2.99. The van der Waals surface area contributed by atoms with Gasteiger partial charge in [-0.2, -0.15) is 0 Å². The van der Waals surface area contributed by atoms with E-state index < -0.39 is 0 Å². The molecule has 1 saturated carbocycles. The monoisotopic (exact) mass is 250 g/mol. The molecule has 0 amide bonds. The number of hydrogen-bond donors (Lipinski definition) is 0. The van der Waals surface area contributed by atoms with Gasteiger partial charge in [0.25, 0.3) is 0 Å². The molecule has 2 radical (unpaired) electrons. The third-order valence-corrected chi connectivity index (χ3v) is 2.55. The summed E-state index contributed by atoms with van der Waals surface area (Å²) < 4.78 is 1.19. The summed E-state index contributed by atoms with van der Waals surface area (Å²) in [5, 5.41) is 0. The van der Waals surface area contributed by atoms with Gasteiger partial charge in [-0.1, -0.05) is 0 Å². The van der Waals surface area contributed by atoms with Gasteiger partial charge in [0.05, 0.1) is 0 Å². The summed E-state index contributed by atoms with van der Waals surface area (Å²) in [6, 6.07) is 0. The summed E-state index contributed by atoms with van der Waals surface area (Å²) in [5.41, 5.74) is 0. The summed E-state index contributed by atoms with van der Waals surface area (Å²) in [6.07, 6.45) is 3.07. The third kappa shape index (κ3) is 0.678. The summed E-state index contributed by atoms with van der Waals surface area (Å²) in [5.74, 6) is 0. The van der Waals surface area contributed by atoms with Crippen LogP contribution in [0.2, 0.25) is 3.63 Å². The predicted molar refractivity (Wildman–Crippen MR) is 18.7 cm³/mol. The predicted octanol–water partition coefficient (Wildman–Crippen LogP) is 0.737. The van der Waals surface area contributed by atoms with Gasteiger partial charge in [0, 0.05) is 0 Å². The van der Waals surface area contributed by atoms with Crippen LogP contribution in [0.5, 0.6) is 0 Å². The van der Waals surface area contributed by atoms with Crippen molar-refractivity contribution in [3.8, 4) is 0 Å². The molecule has 1 aliphatic rings. The Kier molecular flexibility index (Phi) is 0.720. The van der Waals surface area contributed by atoms with Crippen LogP contribution in [0.3, 0.4) is 0 Å². The van der Waals surface area contributed by atoms with Crippen molar-refractivity contribution in [2.75, 3.05) is 0 Å². The van der Waals surface area contributed by atoms with Crippen molar-refractivity contribution in [3.05, 3.63) is 0 Å².